The van der Waals surface area contributed by atoms with Crippen molar-refractivity contribution in [2.75, 3.05) is 54.1 Å². The van der Waals surface area contributed by atoms with Crippen LogP contribution in [-0.4, -0.2) is 111 Å². The average molecular weight is 619 g/mol. The molecule has 11 heteroatoms. The number of likely N-dealkylation sites (tertiary alicyclic amines) is 1. The van der Waals surface area contributed by atoms with Gasteiger partial charge in [-0.15, -0.1) is 0 Å². The fourth-order valence-electron chi connectivity index (χ4n) is 5.88. The average Bonchev–Trinajstić information content (AvgIpc) is 3.41. The molecule has 1 aromatic rings. The molecular formula is C33H54N4O7. The first-order valence-corrected chi connectivity index (χ1v) is 16.0. The molecule has 248 valence electrons. The van der Waals surface area contributed by atoms with Crippen molar-refractivity contribution >= 4 is 18.0 Å². The highest BCUT2D eigenvalue weighted by atomic mass is 16.6. The zero-order valence-corrected chi connectivity index (χ0v) is 28.0. The third-order valence-corrected chi connectivity index (χ3v) is 8.29. The summed E-state index contributed by atoms with van der Waals surface area (Å²) in [6.07, 6.45) is 5.68. The summed E-state index contributed by atoms with van der Waals surface area (Å²) in [5, 5.41) is 3.20. The number of carbonyl (C=O) groups is 3. The fourth-order valence-corrected chi connectivity index (χ4v) is 5.88. The lowest BCUT2D eigenvalue weighted by Crippen LogP contribution is -2.52. The molecule has 1 aliphatic heterocycles. The van der Waals surface area contributed by atoms with Crippen LogP contribution in [0, 0.1) is 5.92 Å². The number of urea groups is 1. The largest absolute Gasteiger partial charge is 0.493 e. The van der Waals surface area contributed by atoms with Crippen LogP contribution in [-0.2, 0) is 9.47 Å². The van der Waals surface area contributed by atoms with E-state index in [0.717, 1.165) is 25.7 Å². The second-order valence-electron chi connectivity index (χ2n) is 13.2. The maximum Gasteiger partial charge on any atom is 0.410 e. The Balaban J connectivity index is 1.82. The van der Waals surface area contributed by atoms with Crippen molar-refractivity contribution in [2.24, 2.45) is 5.92 Å². The molecule has 0 radical (unpaired) electrons. The van der Waals surface area contributed by atoms with Crippen LogP contribution in [0.5, 0.6) is 11.5 Å². The second kappa shape index (κ2) is 16.2. The number of ether oxygens (including phenoxy) is 4. The molecule has 3 rings (SSSR count). The van der Waals surface area contributed by atoms with E-state index in [1.807, 2.05) is 34.6 Å². The minimum atomic E-state index is -0.646. The summed E-state index contributed by atoms with van der Waals surface area (Å²) in [5.41, 5.74) is -0.171. The summed E-state index contributed by atoms with van der Waals surface area (Å²) in [7, 11) is 4.99. The summed E-state index contributed by atoms with van der Waals surface area (Å²) < 4.78 is 22.2. The highest BCUT2D eigenvalue weighted by Gasteiger charge is 2.42. The zero-order chi connectivity index (χ0) is 32.4. The Morgan fingerprint density at radius 1 is 1.02 bits per heavy atom. The van der Waals surface area contributed by atoms with Gasteiger partial charge in [-0.05, 0) is 65.7 Å². The zero-order valence-electron chi connectivity index (χ0n) is 28.0. The third kappa shape index (κ3) is 9.90. The Bertz CT molecular complexity index is 1100. The molecule has 1 heterocycles. The van der Waals surface area contributed by atoms with Crippen LogP contribution in [0.1, 0.15) is 83.5 Å². The minimum absolute atomic E-state index is 0.131. The summed E-state index contributed by atoms with van der Waals surface area (Å²) >= 11 is 0. The van der Waals surface area contributed by atoms with Crippen molar-refractivity contribution < 1.29 is 33.3 Å². The molecule has 1 saturated carbocycles. The number of carbonyl (C=O) groups excluding carboxylic acids is 3. The van der Waals surface area contributed by atoms with E-state index in [2.05, 4.69) is 5.32 Å². The highest BCUT2D eigenvalue weighted by molar-refractivity contribution is 5.95. The summed E-state index contributed by atoms with van der Waals surface area (Å²) in [6.45, 7) is 11.5. The minimum Gasteiger partial charge on any atom is -0.493 e. The van der Waals surface area contributed by atoms with E-state index in [1.54, 1.807) is 54.2 Å². The van der Waals surface area contributed by atoms with Gasteiger partial charge in [-0.1, -0.05) is 19.3 Å². The lowest BCUT2D eigenvalue weighted by Gasteiger charge is -2.35. The molecule has 1 N–H and O–H groups in total. The molecule has 0 bridgehead atoms. The van der Waals surface area contributed by atoms with Crippen LogP contribution in [0.2, 0.25) is 0 Å². The van der Waals surface area contributed by atoms with E-state index in [-0.39, 0.29) is 36.0 Å². The fraction of sp³-hybridized carbons (Fsp3) is 0.727. The van der Waals surface area contributed by atoms with Crippen molar-refractivity contribution in [3.63, 3.8) is 0 Å². The van der Waals surface area contributed by atoms with Crippen molar-refractivity contribution in [1.29, 1.82) is 0 Å². The number of hydrogen-bond donors (Lipinski definition) is 1. The van der Waals surface area contributed by atoms with Gasteiger partial charge in [0.25, 0.3) is 5.91 Å². The number of likely N-dealkylation sites (N-methyl/N-ethyl adjacent to an activating group) is 1. The molecule has 1 saturated heterocycles. The van der Waals surface area contributed by atoms with Crippen molar-refractivity contribution in [3.8, 4) is 11.5 Å². The van der Waals surface area contributed by atoms with Gasteiger partial charge in [0.15, 0.2) is 11.5 Å². The Morgan fingerprint density at radius 3 is 2.34 bits per heavy atom. The summed E-state index contributed by atoms with van der Waals surface area (Å²) in [4.78, 5) is 45.7. The van der Waals surface area contributed by atoms with Crippen LogP contribution in [0.3, 0.4) is 0 Å². The SMILES string of the molecule is COCCCOc1cc(C(=O)N(C[C@@H]2CN(C(=O)OC(C)(C)C)C[C@H]2N(C)C(=O)NC2CCCCC2)C(C)C)ccc1OC. The molecule has 0 unspecified atom stereocenters. The van der Waals surface area contributed by atoms with E-state index in [4.69, 9.17) is 18.9 Å². The van der Waals surface area contributed by atoms with Gasteiger partial charge in [-0.25, -0.2) is 9.59 Å². The van der Waals surface area contributed by atoms with E-state index in [0.29, 0.717) is 56.3 Å². The Hall–Kier alpha value is -3.21. The van der Waals surface area contributed by atoms with Gasteiger partial charge < -0.3 is 39.0 Å². The number of amides is 4. The van der Waals surface area contributed by atoms with Gasteiger partial charge in [0, 0.05) is 70.4 Å². The van der Waals surface area contributed by atoms with Gasteiger partial charge in [0.05, 0.1) is 19.8 Å². The molecule has 2 atom stereocenters. The molecule has 1 aliphatic carbocycles. The quantitative estimate of drug-likeness (QED) is 0.322. The lowest BCUT2D eigenvalue weighted by molar-refractivity contribution is 0.0279. The monoisotopic (exact) mass is 618 g/mol. The maximum atomic E-state index is 14.0. The number of benzene rings is 1. The molecular weight excluding hydrogens is 564 g/mol. The topological polar surface area (TPSA) is 110 Å². The van der Waals surface area contributed by atoms with Gasteiger partial charge >= 0.3 is 12.1 Å². The Kier molecular flexibility index (Phi) is 13.0. The number of methoxy groups -OCH3 is 2. The number of nitrogens with zero attached hydrogens (tertiary/aromatic N) is 3. The Morgan fingerprint density at radius 2 is 1.73 bits per heavy atom. The van der Waals surface area contributed by atoms with Crippen LogP contribution in [0.4, 0.5) is 9.59 Å². The van der Waals surface area contributed by atoms with Gasteiger partial charge in [0.1, 0.15) is 5.60 Å². The molecule has 4 amide bonds. The van der Waals surface area contributed by atoms with Gasteiger partial charge in [-0.3, -0.25) is 4.79 Å². The van der Waals surface area contributed by atoms with Gasteiger partial charge in [-0.2, -0.15) is 0 Å². The smallest absolute Gasteiger partial charge is 0.410 e. The molecule has 0 aromatic heterocycles. The first-order chi connectivity index (χ1) is 20.8. The molecule has 0 spiro atoms. The first-order valence-electron chi connectivity index (χ1n) is 16.0. The van der Waals surface area contributed by atoms with Crippen LogP contribution in [0.15, 0.2) is 18.2 Å². The van der Waals surface area contributed by atoms with Gasteiger partial charge in [0.2, 0.25) is 0 Å². The van der Waals surface area contributed by atoms with E-state index < -0.39 is 11.7 Å². The number of nitrogens with one attached hydrogen (secondary N) is 1. The van der Waals surface area contributed by atoms with Crippen LogP contribution < -0.4 is 14.8 Å². The van der Waals surface area contributed by atoms with Crippen molar-refractivity contribution in [3.05, 3.63) is 23.8 Å². The number of rotatable bonds is 12. The van der Waals surface area contributed by atoms with E-state index in [1.165, 1.54) is 6.42 Å². The van der Waals surface area contributed by atoms with Crippen molar-refractivity contribution in [1.82, 2.24) is 20.0 Å². The van der Waals surface area contributed by atoms with E-state index in [9.17, 15) is 14.4 Å². The molecule has 44 heavy (non-hydrogen) atoms. The van der Waals surface area contributed by atoms with Crippen molar-refractivity contribution in [2.45, 2.75) is 96.9 Å². The Labute approximate surface area is 263 Å². The molecule has 2 fully saturated rings. The standard InChI is InChI=1S/C33H54N4O7/c1-23(2)37(30(38)24-15-16-28(42-8)29(19-24)43-18-12-17-41-7)21-25-20-36(32(40)44-33(3,4)5)22-27(25)35(6)31(39)34-26-13-10-9-11-14-26/h15-16,19,23,25-27H,9-14,17-18,20-22H2,1-8H3,(H,34,39)/t25-,27+/m0/s1. The predicted molar refractivity (Wildman–Crippen MR) is 169 cm³/mol. The molecule has 11 nitrogen and oxygen atoms in total. The summed E-state index contributed by atoms with van der Waals surface area (Å²) in [5.74, 6) is 0.698. The normalized spacial score (nSPS) is 19.1. The maximum absolute atomic E-state index is 14.0. The third-order valence-electron chi connectivity index (χ3n) is 8.29. The second-order valence-corrected chi connectivity index (χ2v) is 13.2. The highest BCUT2D eigenvalue weighted by Crippen LogP contribution is 2.31. The predicted octanol–water partition coefficient (Wildman–Crippen LogP) is 5.17. The molecule has 2 aliphatic rings. The molecule has 1 aromatic carbocycles. The van der Waals surface area contributed by atoms with E-state index >= 15 is 0 Å². The number of hydrogen-bond acceptors (Lipinski definition) is 7. The van der Waals surface area contributed by atoms with Crippen LogP contribution >= 0.6 is 0 Å². The lowest BCUT2D eigenvalue weighted by atomic mass is 9.95. The van der Waals surface area contributed by atoms with Crippen LogP contribution in [0.25, 0.3) is 0 Å². The first kappa shape index (κ1) is 35.3. The summed E-state index contributed by atoms with van der Waals surface area (Å²) in [6, 6.07) is 4.78.